The molecular weight excluding hydrogens is 986 g/mol. The predicted molar refractivity (Wildman–Crippen MR) is 270 cm³/mol. The summed E-state index contributed by atoms with van der Waals surface area (Å²) in [4.78, 5) is 64.5. The van der Waals surface area contributed by atoms with Crippen LogP contribution in [0.25, 0.3) is 44.5 Å². The van der Waals surface area contributed by atoms with Crippen molar-refractivity contribution in [2.24, 2.45) is 0 Å². The summed E-state index contributed by atoms with van der Waals surface area (Å²) in [6.45, 7) is 14.2. The minimum atomic E-state index is -4.92. The molecule has 2 aromatic carbocycles. The topological polar surface area (TPSA) is 191 Å². The Balaban J connectivity index is 0.899. The lowest BCUT2D eigenvalue weighted by Crippen LogP contribution is -2.54. The second-order valence-corrected chi connectivity index (χ2v) is 20.0. The van der Waals surface area contributed by atoms with E-state index in [-0.39, 0.29) is 119 Å². The first kappa shape index (κ1) is 50.6. The third-order valence-electron chi connectivity index (χ3n) is 15.1. The van der Waals surface area contributed by atoms with Crippen molar-refractivity contribution in [3.63, 3.8) is 0 Å². The number of fused-ring (bicyclic) bond motifs is 6. The van der Waals surface area contributed by atoms with Crippen LogP contribution in [0.2, 0.25) is 5.02 Å². The molecule has 4 aliphatic rings. The molecule has 3 N–H and O–H groups in total. The summed E-state index contributed by atoms with van der Waals surface area (Å²) in [5.41, 5.74) is 4.62. The lowest BCUT2D eigenvalue weighted by Gasteiger charge is -2.41. The molecule has 388 valence electrons. The van der Waals surface area contributed by atoms with E-state index in [2.05, 4.69) is 21.4 Å². The number of hydrogen-bond donors (Lipinski definition) is 2. The van der Waals surface area contributed by atoms with Crippen molar-refractivity contribution >= 4 is 56.9 Å². The molecule has 0 spiro atoms. The summed E-state index contributed by atoms with van der Waals surface area (Å²) in [5, 5.41) is 11.9. The number of anilines is 2. The molecular formula is C53H54ClF4N9O7. The number of aryl methyl sites for hydroxylation is 2. The Morgan fingerprint density at radius 3 is 2.51 bits per heavy atom. The lowest BCUT2D eigenvalue weighted by atomic mass is 9.86. The molecule has 10 rings (SSSR count). The molecule has 0 radical (unpaired) electrons. The summed E-state index contributed by atoms with van der Waals surface area (Å²) >= 11 is 6.73. The number of benzene rings is 2. The van der Waals surface area contributed by atoms with Crippen LogP contribution in [-0.4, -0.2) is 109 Å². The summed E-state index contributed by atoms with van der Waals surface area (Å²) in [5.74, 6) is -1.89. The molecule has 2 saturated heterocycles. The van der Waals surface area contributed by atoms with Crippen LogP contribution < -0.4 is 25.7 Å². The van der Waals surface area contributed by atoms with Gasteiger partial charge in [-0.1, -0.05) is 32.0 Å². The second kappa shape index (κ2) is 18.8. The molecule has 6 aromatic rings. The van der Waals surface area contributed by atoms with Crippen LogP contribution in [0.5, 0.6) is 11.8 Å². The SMILES string of the molecule is C=C(C(=O)N1CCN(c2nc(OC[C@@H]3CCCN3C)nc3c(F)c(-c4nc(N)cc(C)c4C(F)(F)F)c(Cl)cc23)[C@@H](C)C1)[C@@H](C)Oc1ccc2nc3c(c(CC)c2c1)Cn1c-3cc2c(c1=O)COC(=O)[C@]2(O)CC. The number of cyclic esters (lactones) is 1. The number of hydrogen-bond acceptors (Lipinski definition) is 14. The third kappa shape index (κ3) is 8.43. The summed E-state index contributed by atoms with van der Waals surface area (Å²) < 4.78 is 80.0. The molecule has 0 bridgehead atoms. The number of aliphatic hydroxyl groups is 1. The molecule has 4 aromatic heterocycles. The van der Waals surface area contributed by atoms with Crippen LogP contribution in [0, 0.1) is 12.7 Å². The maximum absolute atomic E-state index is 17.1. The summed E-state index contributed by atoms with van der Waals surface area (Å²) in [7, 11) is 1.97. The van der Waals surface area contributed by atoms with E-state index in [0.29, 0.717) is 29.1 Å². The molecule has 74 heavy (non-hydrogen) atoms. The molecule has 4 aliphatic heterocycles. The molecule has 16 nitrogen and oxygen atoms in total. The van der Waals surface area contributed by atoms with Gasteiger partial charge in [0.1, 0.15) is 42.2 Å². The summed E-state index contributed by atoms with van der Waals surface area (Å²) in [6.07, 6.45) is -3.28. The van der Waals surface area contributed by atoms with Gasteiger partial charge in [-0.3, -0.25) is 9.59 Å². The van der Waals surface area contributed by atoms with Crippen molar-refractivity contribution < 1.29 is 46.5 Å². The molecule has 1 amide bonds. The number of likely N-dealkylation sites (tertiary alicyclic amines) is 1. The summed E-state index contributed by atoms with van der Waals surface area (Å²) in [6, 6.07) is 8.88. The molecule has 0 saturated carbocycles. The number of alkyl halides is 3. The minimum absolute atomic E-state index is 0.0296. The number of ether oxygens (including phenoxy) is 3. The van der Waals surface area contributed by atoms with E-state index in [1.165, 1.54) is 13.0 Å². The van der Waals surface area contributed by atoms with Gasteiger partial charge >= 0.3 is 18.2 Å². The van der Waals surface area contributed by atoms with E-state index in [0.717, 1.165) is 42.0 Å². The highest BCUT2D eigenvalue weighted by Crippen LogP contribution is 2.46. The highest BCUT2D eigenvalue weighted by atomic mass is 35.5. The van der Waals surface area contributed by atoms with Gasteiger partial charge in [-0.25, -0.2) is 19.2 Å². The number of carbonyl (C=O) groups is 2. The molecule has 8 heterocycles. The highest BCUT2D eigenvalue weighted by molar-refractivity contribution is 6.34. The average molecular weight is 1040 g/mol. The Labute approximate surface area is 427 Å². The molecule has 0 aliphatic carbocycles. The van der Waals surface area contributed by atoms with Crippen molar-refractivity contribution in [2.75, 3.05) is 50.5 Å². The highest BCUT2D eigenvalue weighted by Gasteiger charge is 2.46. The van der Waals surface area contributed by atoms with Crippen LogP contribution in [0.1, 0.15) is 80.3 Å². The Morgan fingerprint density at radius 1 is 1.05 bits per heavy atom. The van der Waals surface area contributed by atoms with E-state index in [1.54, 1.807) is 41.5 Å². The zero-order valence-electron chi connectivity index (χ0n) is 41.6. The Hall–Kier alpha value is -6.90. The van der Waals surface area contributed by atoms with Crippen LogP contribution in [0.3, 0.4) is 0 Å². The minimum Gasteiger partial charge on any atom is -0.486 e. The van der Waals surface area contributed by atoms with Gasteiger partial charge in [0, 0.05) is 59.2 Å². The van der Waals surface area contributed by atoms with Crippen LogP contribution in [0.4, 0.5) is 29.2 Å². The molecule has 21 heteroatoms. The zero-order chi connectivity index (χ0) is 52.9. The number of pyridine rings is 3. The standard InChI is InChI=1S/C53H54ClF4N9O7/c1-8-31-32-18-30(12-13-38(32)60-44-34(31)22-67-39(44)20-36-35(49(67)69)24-72-50(70)52(36,71)9-2)74-28(6)27(5)48(68)65-15-16-66(26(4)21-65)47-33-19-37(54)41(46-42(53(56,57)58)25(3)17-40(59)61-46)43(55)45(33)62-51(63-47)73-23-29-11-10-14-64(29)7/h12-13,17-20,26,28-29,71H,5,8-11,14-16,21-24H2,1-4,6-7H3,(H2,59,61)/t26-,28+,29-,52-/m0/s1. The Kier molecular flexibility index (Phi) is 12.9. The molecule has 0 unspecified atom stereocenters. The lowest BCUT2D eigenvalue weighted by molar-refractivity contribution is -0.172. The van der Waals surface area contributed by atoms with Crippen LogP contribution >= 0.6 is 11.6 Å². The smallest absolute Gasteiger partial charge is 0.418 e. The predicted octanol–water partition coefficient (Wildman–Crippen LogP) is 7.88. The number of nitrogen functional groups attached to an aromatic ring is 1. The van der Waals surface area contributed by atoms with Crippen molar-refractivity contribution in [1.82, 2.24) is 34.3 Å². The number of nitrogens with two attached hydrogens (primary N) is 1. The fraction of sp³-hybridized carbons (Fsp3) is 0.415. The number of piperazine rings is 1. The third-order valence-corrected chi connectivity index (χ3v) is 15.4. The maximum Gasteiger partial charge on any atom is 0.418 e. The number of halogens is 5. The van der Waals surface area contributed by atoms with Crippen molar-refractivity contribution in [3.05, 3.63) is 103 Å². The van der Waals surface area contributed by atoms with E-state index < -0.39 is 52.5 Å². The zero-order valence-corrected chi connectivity index (χ0v) is 42.4. The average Bonchev–Trinajstić information content (AvgIpc) is 3.95. The quantitative estimate of drug-likeness (QED) is 0.0723. The van der Waals surface area contributed by atoms with Gasteiger partial charge in [-0.05, 0) is 108 Å². The number of aromatic nitrogens is 5. The number of carbonyl (C=O) groups excluding carboxylic acids is 2. The second-order valence-electron chi connectivity index (χ2n) is 19.6. The number of nitrogens with zero attached hydrogens (tertiary/aromatic N) is 8. The first-order valence-electron chi connectivity index (χ1n) is 24.5. The monoisotopic (exact) mass is 1040 g/mol. The number of rotatable bonds is 11. The fourth-order valence-electron chi connectivity index (χ4n) is 11.0. The van der Waals surface area contributed by atoms with Gasteiger partial charge in [-0.2, -0.15) is 23.1 Å². The van der Waals surface area contributed by atoms with E-state index in [4.69, 9.17) is 41.5 Å². The van der Waals surface area contributed by atoms with Gasteiger partial charge in [0.2, 0.25) is 0 Å². The van der Waals surface area contributed by atoms with E-state index >= 15 is 4.39 Å². The first-order valence-corrected chi connectivity index (χ1v) is 24.9. The normalized spacial score (nSPS) is 20.1. The van der Waals surface area contributed by atoms with Crippen molar-refractivity contribution in [2.45, 2.75) is 103 Å². The Bertz CT molecular complexity index is 3430. The largest absolute Gasteiger partial charge is 0.486 e. The number of esters is 1. The van der Waals surface area contributed by atoms with Crippen molar-refractivity contribution in [1.29, 1.82) is 0 Å². The number of amides is 1. The van der Waals surface area contributed by atoms with Crippen molar-refractivity contribution in [3.8, 4) is 34.4 Å². The first-order chi connectivity index (χ1) is 35.1. The molecule has 4 atom stereocenters. The molecule has 2 fully saturated rings. The van der Waals surface area contributed by atoms with E-state index in [9.17, 15) is 32.7 Å². The Morgan fingerprint density at radius 2 is 1.82 bits per heavy atom. The van der Waals surface area contributed by atoms with E-state index in [1.807, 2.05) is 31.9 Å². The van der Waals surface area contributed by atoms with Gasteiger partial charge in [0.15, 0.2) is 11.4 Å². The van der Waals surface area contributed by atoms with Crippen LogP contribution in [0.15, 0.2) is 53.3 Å². The fourth-order valence-corrected chi connectivity index (χ4v) is 11.3. The van der Waals surface area contributed by atoms with Gasteiger partial charge in [-0.15, -0.1) is 0 Å². The van der Waals surface area contributed by atoms with Crippen LogP contribution in [-0.2, 0) is 45.7 Å². The van der Waals surface area contributed by atoms with Gasteiger partial charge in [0.25, 0.3) is 11.5 Å². The van der Waals surface area contributed by atoms with Gasteiger partial charge in [0.05, 0.1) is 50.9 Å². The number of likely N-dealkylation sites (N-methyl/N-ethyl adjacent to an activating group) is 1. The maximum atomic E-state index is 17.1. The van der Waals surface area contributed by atoms with Gasteiger partial charge < -0.3 is 44.3 Å².